The number of halogens is 2. The summed E-state index contributed by atoms with van der Waals surface area (Å²) >= 11 is 11.9. The molecule has 1 aromatic rings. The van der Waals surface area contributed by atoms with E-state index in [4.69, 9.17) is 23.2 Å². The van der Waals surface area contributed by atoms with E-state index in [1.165, 1.54) is 0 Å². The smallest absolute Gasteiger partial charge is 0.337 e. The summed E-state index contributed by atoms with van der Waals surface area (Å²) in [6.45, 7) is 3.45. The van der Waals surface area contributed by atoms with Crippen LogP contribution >= 0.6 is 23.2 Å². The first kappa shape index (κ1) is 21.4. The molecule has 1 aliphatic heterocycles. The Morgan fingerprint density at radius 3 is 2.42 bits per heavy atom. The third kappa shape index (κ3) is 4.17. The second-order valence-corrected chi connectivity index (χ2v) is 11.1. The third-order valence-electron chi connectivity index (χ3n) is 4.40. The number of rotatable bonds is 6. The molecule has 0 aromatic heterocycles. The Morgan fingerprint density at radius 1 is 1.35 bits per heavy atom. The van der Waals surface area contributed by atoms with E-state index in [-0.39, 0.29) is 28.0 Å². The van der Waals surface area contributed by atoms with E-state index < -0.39 is 48.4 Å². The molecule has 0 spiro atoms. The van der Waals surface area contributed by atoms with E-state index in [9.17, 15) is 26.7 Å². The van der Waals surface area contributed by atoms with Crippen molar-refractivity contribution in [2.75, 3.05) is 11.5 Å². The largest absolute Gasteiger partial charge is 0.478 e. The lowest BCUT2D eigenvalue weighted by Crippen LogP contribution is -2.46. The van der Waals surface area contributed by atoms with Crippen molar-refractivity contribution in [2.45, 2.75) is 43.7 Å². The number of carboxylic acid groups (broad SMARTS) is 1. The zero-order valence-electron chi connectivity index (χ0n) is 14.1. The number of sulfonamides is 1. The summed E-state index contributed by atoms with van der Waals surface area (Å²) in [6.07, 6.45) is 0.635. The van der Waals surface area contributed by atoms with Gasteiger partial charge in [0.15, 0.2) is 9.84 Å². The van der Waals surface area contributed by atoms with Gasteiger partial charge in [-0.15, -0.1) is 0 Å². The van der Waals surface area contributed by atoms with E-state index in [0.717, 1.165) is 16.4 Å². The highest BCUT2D eigenvalue weighted by Crippen LogP contribution is 2.34. The topological polar surface area (TPSA) is 109 Å². The second-order valence-electron chi connectivity index (χ2n) is 6.22. The lowest BCUT2D eigenvalue weighted by molar-refractivity contribution is 0.0697. The Bertz CT molecular complexity index is 930. The van der Waals surface area contributed by atoms with Gasteiger partial charge in [-0.3, -0.25) is 0 Å². The highest BCUT2D eigenvalue weighted by molar-refractivity contribution is 7.92. The average molecular weight is 444 g/mol. The number of aromatic carboxylic acids is 1. The minimum atomic E-state index is -4.23. The molecular weight excluding hydrogens is 425 g/mol. The molecule has 0 bridgehead atoms. The van der Waals surface area contributed by atoms with E-state index in [2.05, 4.69) is 0 Å². The fourth-order valence-corrected chi connectivity index (χ4v) is 7.51. The van der Waals surface area contributed by atoms with Crippen LogP contribution in [0.2, 0.25) is 10.0 Å². The van der Waals surface area contributed by atoms with Gasteiger partial charge in [-0.05, 0) is 31.9 Å². The summed E-state index contributed by atoms with van der Waals surface area (Å²) in [7, 11) is -7.55. The predicted octanol–water partition coefficient (Wildman–Crippen LogP) is 2.67. The minimum absolute atomic E-state index is 0.0884. The Hall–Kier alpha value is -0.870. The van der Waals surface area contributed by atoms with Crippen LogP contribution in [0.5, 0.6) is 0 Å². The summed E-state index contributed by atoms with van der Waals surface area (Å²) in [5.41, 5.74) is -0.391. The number of carbonyl (C=O) groups is 1. The maximum atomic E-state index is 13.2. The lowest BCUT2D eigenvalue weighted by Gasteiger charge is -2.32. The summed E-state index contributed by atoms with van der Waals surface area (Å²) in [4.78, 5) is 10.9. The molecule has 7 nitrogen and oxygen atoms in total. The van der Waals surface area contributed by atoms with Crippen LogP contribution < -0.4 is 0 Å². The van der Waals surface area contributed by atoms with Crippen LogP contribution in [0.15, 0.2) is 17.0 Å². The van der Waals surface area contributed by atoms with Gasteiger partial charge in [0.2, 0.25) is 10.0 Å². The van der Waals surface area contributed by atoms with Crippen LogP contribution in [0.25, 0.3) is 0 Å². The molecule has 1 aliphatic rings. The Balaban J connectivity index is 2.61. The first-order chi connectivity index (χ1) is 11.9. The zero-order chi connectivity index (χ0) is 19.9. The number of benzene rings is 1. The van der Waals surface area contributed by atoms with Crippen molar-refractivity contribution in [1.29, 1.82) is 0 Å². The molecule has 1 heterocycles. The summed E-state index contributed by atoms with van der Waals surface area (Å²) in [6, 6.07) is 0.777. The van der Waals surface area contributed by atoms with Crippen molar-refractivity contribution < 1.29 is 26.7 Å². The molecule has 0 aliphatic carbocycles. The Kier molecular flexibility index (Phi) is 6.29. The molecule has 1 saturated heterocycles. The second kappa shape index (κ2) is 7.63. The molecule has 0 saturated carbocycles. The normalized spacial score (nSPS) is 21.0. The maximum absolute atomic E-state index is 13.2. The fourth-order valence-electron chi connectivity index (χ4n) is 2.95. The van der Waals surface area contributed by atoms with Gasteiger partial charge in [0.1, 0.15) is 4.90 Å². The van der Waals surface area contributed by atoms with Crippen LogP contribution in [0.4, 0.5) is 0 Å². The average Bonchev–Trinajstić information content (AvgIpc) is 2.85. The van der Waals surface area contributed by atoms with Crippen LogP contribution in [0.3, 0.4) is 0 Å². The van der Waals surface area contributed by atoms with Crippen LogP contribution in [0.1, 0.15) is 37.0 Å². The SMILES string of the molecule is CCC(C)N(C1CCS(=O)(=O)C1)S(=O)(=O)c1cc(C(=O)O)c(Cl)cc1Cl. The quantitative estimate of drug-likeness (QED) is 0.723. The first-order valence-corrected chi connectivity index (χ1v) is 11.9. The van der Waals surface area contributed by atoms with Gasteiger partial charge in [-0.2, -0.15) is 4.31 Å². The van der Waals surface area contributed by atoms with Crippen molar-refractivity contribution in [2.24, 2.45) is 0 Å². The van der Waals surface area contributed by atoms with E-state index in [1.54, 1.807) is 13.8 Å². The van der Waals surface area contributed by atoms with Crippen LogP contribution in [0, 0.1) is 0 Å². The minimum Gasteiger partial charge on any atom is -0.478 e. The molecule has 1 aromatic carbocycles. The third-order valence-corrected chi connectivity index (χ3v) is 9.00. The van der Waals surface area contributed by atoms with E-state index in [0.29, 0.717) is 6.42 Å². The molecule has 2 atom stereocenters. The number of hydrogen-bond donors (Lipinski definition) is 1. The van der Waals surface area contributed by atoms with Gasteiger partial charge in [0.05, 0.1) is 27.1 Å². The number of sulfone groups is 1. The summed E-state index contributed by atoms with van der Waals surface area (Å²) in [5.74, 6) is -1.75. The van der Waals surface area contributed by atoms with Gasteiger partial charge in [-0.1, -0.05) is 30.1 Å². The van der Waals surface area contributed by atoms with Crippen LogP contribution in [-0.2, 0) is 19.9 Å². The van der Waals surface area contributed by atoms with E-state index in [1.807, 2.05) is 0 Å². The molecule has 11 heteroatoms. The molecule has 1 N–H and O–H groups in total. The molecule has 2 rings (SSSR count). The monoisotopic (exact) mass is 443 g/mol. The first-order valence-electron chi connectivity index (χ1n) is 7.87. The van der Waals surface area contributed by atoms with Crippen molar-refractivity contribution >= 4 is 49.0 Å². The number of nitrogens with zero attached hydrogens (tertiary/aromatic N) is 1. The molecule has 0 amide bonds. The zero-order valence-corrected chi connectivity index (χ0v) is 17.3. The maximum Gasteiger partial charge on any atom is 0.337 e. The van der Waals surface area contributed by atoms with Crippen molar-refractivity contribution in [3.8, 4) is 0 Å². The number of carboxylic acids is 1. The highest BCUT2D eigenvalue weighted by atomic mass is 35.5. The lowest BCUT2D eigenvalue weighted by atomic mass is 10.2. The standard InChI is InChI=1S/C15H19Cl2NO6S2/c1-3-9(2)18(10-4-5-25(21,22)8-10)26(23,24)14-6-11(15(19)20)12(16)7-13(14)17/h6-7,9-10H,3-5,8H2,1-2H3,(H,19,20). The van der Waals surface area contributed by atoms with Crippen LogP contribution in [-0.4, -0.2) is 55.8 Å². The van der Waals surface area contributed by atoms with Gasteiger partial charge in [0.25, 0.3) is 0 Å². The van der Waals surface area contributed by atoms with Gasteiger partial charge < -0.3 is 5.11 Å². The summed E-state index contributed by atoms with van der Waals surface area (Å²) in [5, 5.41) is 8.81. The van der Waals surface area contributed by atoms with Crippen molar-refractivity contribution in [1.82, 2.24) is 4.31 Å². The van der Waals surface area contributed by atoms with Crippen molar-refractivity contribution in [3.05, 3.63) is 27.7 Å². The Morgan fingerprint density at radius 2 is 1.96 bits per heavy atom. The van der Waals surface area contributed by atoms with Gasteiger partial charge in [0, 0.05) is 12.1 Å². The highest BCUT2D eigenvalue weighted by Gasteiger charge is 2.41. The van der Waals surface area contributed by atoms with Gasteiger partial charge >= 0.3 is 5.97 Å². The molecule has 1 fully saturated rings. The number of hydrogen-bond acceptors (Lipinski definition) is 5. The van der Waals surface area contributed by atoms with Crippen molar-refractivity contribution in [3.63, 3.8) is 0 Å². The molecule has 2 unspecified atom stereocenters. The Labute approximate surface area is 162 Å². The molecule has 26 heavy (non-hydrogen) atoms. The summed E-state index contributed by atoms with van der Waals surface area (Å²) < 4.78 is 51.3. The fraction of sp³-hybridized carbons (Fsp3) is 0.533. The van der Waals surface area contributed by atoms with Gasteiger partial charge in [-0.25, -0.2) is 21.6 Å². The van der Waals surface area contributed by atoms with E-state index >= 15 is 0 Å². The molecular formula is C15H19Cl2NO6S2. The molecule has 0 radical (unpaired) electrons. The molecule has 146 valence electrons. The predicted molar refractivity (Wildman–Crippen MR) is 99.3 cm³/mol.